The second-order valence-corrected chi connectivity index (χ2v) is 12.2. The normalized spacial score (nSPS) is 21.8. The molecular formula is C27H28FN5O4S. The Labute approximate surface area is 220 Å². The molecule has 0 unspecified atom stereocenters. The molecule has 0 saturated carbocycles. The van der Waals surface area contributed by atoms with Gasteiger partial charge in [-0.25, -0.2) is 17.8 Å². The highest BCUT2D eigenvalue weighted by atomic mass is 32.2. The predicted octanol–water partition coefficient (Wildman–Crippen LogP) is 2.74. The van der Waals surface area contributed by atoms with Crippen LogP contribution in [0.15, 0.2) is 71.9 Å². The third-order valence-electron chi connectivity index (χ3n) is 7.12. The molecule has 1 amide bonds. The molecule has 198 valence electrons. The number of aromatic nitrogens is 1. The number of likely N-dealkylation sites (tertiary alicyclic amines) is 1. The number of aliphatic imine (C=N–C) groups is 1. The first-order chi connectivity index (χ1) is 18.0. The molecule has 1 saturated heterocycles. The van der Waals surface area contributed by atoms with Crippen molar-refractivity contribution in [1.29, 1.82) is 0 Å². The Morgan fingerprint density at radius 2 is 1.89 bits per heavy atom. The number of halogens is 1. The molecule has 5 rings (SSSR count). The van der Waals surface area contributed by atoms with Gasteiger partial charge in [0, 0.05) is 30.9 Å². The molecular weight excluding hydrogens is 509 g/mol. The van der Waals surface area contributed by atoms with E-state index in [0.29, 0.717) is 12.3 Å². The quantitative estimate of drug-likeness (QED) is 0.495. The molecule has 1 spiro atoms. The van der Waals surface area contributed by atoms with Gasteiger partial charge in [-0.3, -0.25) is 14.7 Å². The number of methoxy groups -OCH3 is 1. The van der Waals surface area contributed by atoms with Gasteiger partial charge in [0.2, 0.25) is 0 Å². The zero-order valence-electron chi connectivity index (χ0n) is 21.0. The van der Waals surface area contributed by atoms with E-state index in [-0.39, 0.29) is 35.9 Å². The van der Waals surface area contributed by atoms with Gasteiger partial charge in [0.05, 0.1) is 19.1 Å². The fourth-order valence-corrected chi connectivity index (χ4v) is 7.40. The summed E-state index contributed by atoms with van der Waals surface area (Å²) in [7, 11) is -2.30. The summed E-state index contributed by atoms with van der Waals surface area (Å²) in [6.45, 7) is 2.59. The van der Waals surface area contributed by atoms with Gasteiger partial charge in [-0.15, -0.1) is 0 Å². The van der Waals surface area contributed by atoms with E-state index >= 15 is 4.39 Å². The standard InChI is InChI=1S/C27H28FN5O4S/c1-26(21-12-19(8-10-22(21)28)31-24(34)23-11-9-20(37-2)13-30-23)17-38(35,36)27(25(29)32-26)15-33(16-27)14-18-6-4-3-5-7-18/h3-13H,14-17H2,1-2H3,(H2,29,32)(H,31,34)/t26-/m0/s1. The molecule has 0 aliphatic carbocycles. The average Bonchev–Trinajstić information content (AvgIpc) is 2.86. The summed E-state index contributed by atoms with van der Waals surface area (Å²) >= 11 is 0. The van der Waals surface area contributed by atoms with Crippen molar-refractivity contribution in [1.82, 2.24) is 9.88 Å². The Morgan fingerprint density at radius 3 is 2.53 bits per heavy atom. The van der Waals surface area contributed by atoms with Crippen LogP contribution in [0.5, 0.6) is 5.75 Å². The molecule has 2 aliphatic rings. The number of rotatable bonds is 6. The molecule has 11 heteroatoms. The third-order valence-corrected chi connectivity index (χ3v) is 9.72. The van der Waals surface area contributed by atoms with E-state index in [4.69, 9.17) is 10.5 Å². The Bertz CT molecular complexity index is 1510. The van der Waals surface area contributed by atoms with Crippen molar-refractivity contribution in [3.05, 3.63) is 89.5 Å². The van der Waals surface area contributed by atoms with Gasteiger partial charge in [0.25, 0.3) is 5.91 Å². The summed E-state index contributed by atoms with van der Waals surface area (Å²) in [4.78, 5) is 23.3. The average molecular weight is 538 g/mol. The topological polar surface area (TPSA) is 127 Å². The van der Waals surface area contributed by atoms with Crippen molar-refractivity contribution < 1.29 is 22.3 Å². The van der Waals surface area contributed by atoms with E-state index in [1.165, 1.54) is 37.6 Å². The van der Waals surface area contributed by atoms with Gasteiger partial charge in [0.15, 0.2) is 14.6 Å². The second-order valence-electron chi connectivity index (χ2n) is 9.89. The van der Waals surface area contributed by atoms with Crippen molar-refractivity contribution in [3.63, 3.8) is 0 Å². The SMILES string of the molecule is COc1ccc(C(=O)Nc2ccc(F)c([C@]3(C)CS(=O)(=O)C4(CN(Cc5ccccc5)C4)C(N)=N3)c2)nc1. The molecule has 1 fully saturated rings. The fraction of sp³-hybridized carbons (Fsp3) is 0.296. The van der Waals surface area contributed by atoms with Crippen LogP contribution in [-0.4, -0.2) is 60.7 Å². The lowest BCUT2D eigenvalue weighted by atomic mass is 9.90. The van der Waals surface area contributed by atoms with E-state index in [2.05, 4.69) is 15.3 Å². The minimum atomic E-state index is -3.79. The van der Waals surface area contributed by atoms with Gasteiger partial charge in [-0.2, -0.15) is 0 Å². The number of amides is 1. The molecule has 38 heavy (non-hydrogen) atoms. The summed E-state index contributed by atoms with van der Waals surface area (Å²) in [6.07, 6.45) is 1.41. The summed E-state index contributed by atoms with van der Waals surface area (Å²) < 4.78 is 46.0. The Kier molecular flexibility index (Phi) is 6.44. The summed E-state index contributed by atoms with van der Waals surface area (Å²) in [5, 5.41) is 2.67. The molecule has 1 aromatic heterocycles. The molecule has 0 bridgehead atoms. The highest BCUT2D eigenvalue weighted by Gasteiger charge is 2.61. The maximum Gasteiger partial charge on any atom is 0.274 e. The van der Waals surface area contributed by atoms with Gasteiger partial charge in [-0.05, 0) is 42.8 Å². The lowest BCUT2D eigenvalue weighted by Crippen LogP contribution is -2.74. The van der Waals surface area contributed by atoms with Crippen molar-refractivity contribution >= 4 is 27.3 Å². The molecule has 2 aromatic carbocycles. The first-order valence-corrected chi connectivity index (χ1v) is 13.7. The van der Waals surface area contributed by atoms with Crippen LogP contribution in [0, 0.1) is 5.82 Å². The molecule has 3 aromatic rings. The van der Waals surface area contributed by atoms with Crippen molar-refractivity contribution in [2.45, 2.75) is 23.8 Å². The number of anilines is 1. The zero-order chi connectivity index (χ0) is 27.1. The number of nitrogens with two attached hydrogens (primary N) is 1. The van der Waals surface area contributed by atoms with E-state index in [1.807, 2.05) is 35.2 Å². The number of nitrogens with zero attached hydrogens (tertiary/aromatic N) is 3. The zero-order valence-corrected chi connectivity index (χ0v) is 21.8. The number of pyridine rings is 1. The number of carbonyl (C=O) groups excluding carboxylic acids is 1. The van der Waals surface area contributed by atoms with E-state index < -0.39 is 37.6 Å². The second kappa shape index (κ2) is 9.48. The van der Waals surface area contributed by atoms with E-state index in [1.54, 1.807) is 13.0 Å². The van der Waals surface area contributed by atoms with Crippen molar-refractivity contribution in [3.8, 4) is 5.75 Å². The fourth-order valence-electron chi connectivity index (χ4n) is 5.04. The Balaban J connectivity index is 1.38. The van der Waals surface area contributed by atoms with Crippen LogP contribution in [0.25, 0.3) is 0 Å². The van der Waals surface area contributed by atoms with Crippen LogP contribution in [0.1, 0.15) is 28.5 Å². The number of nitrogens with one attached hydrogen (secondary N) is 1. The van der Waals surface area contributed by atoms with Gasteiger partial charge < -0.3 is 15.8 Å². The first-order valence-electron chi connectivity index (χ1n) is 12.0. The molecule has 3 N–H and O–H groups in total. The maximum atomic E-state index is 15.1. The van der Waals surface area contributed by atoms with Crippen molar-refractivity contribution in [2.75, 3.05) is 31.3 Å². The molecule has 1 atom stereocenters. The smallest absolute Gasteiger partial charge is 0.274 e. The summed E-state index contributed by atoms with van der Waals surface area (Å²) in [6, 6.07) is 16.8. The minimum Gasteiger partial charge on any atom is -0.495 e. The number of carbonyl (C=O) groups is 1. The van der Waals surface area contributed by atoms with Crippen LogP contribution in [0.4, 0.5) is 10.1 Å². The lowest BCUT2D eigenvalue weighted by Gasteiger charge is -2.52. The van der Waals surface area contributed by atoms with E-state index in [0.717, 1.165) is 5.56 Å². The number of ether oxygens (including phenoxy) is 1. The molecule has 2 aliphatic heterocycles. The number of benzene rings is 2. The first kappa shape index (κ1) is 25.8. The van der Waals surface area contributed by atoms with Gasteiger partial charge in [-0.1, -0.05) is 30.3 Å². The minimum absolute atomic E-state index is 0.0215. The highest BCUT2D eigenvalue weighted by molar-refractivity contribution is 7.93. The number of hydrogen-bond donors (Lipinski definition) is 2. The molecule has 3 heterocycles. The predicted molar refractivity (Wildman–Crippen MR) is 142 cm³/mol. The van der Waals surface area contributed by atoms with Crippen LogP contribution in [-0.2, 0) is 21.9 Å². The van der Waals surface area contributed by atoms with Crippen molar-refractivity contribution in [2.24, 2.45) is 10.7 Å². The van der Waals surface area contributed by atoms with Crippen LogP contribution in [0.3, 0.4) is 0 Å². The summed E-state index contributed by atoms with van der Waals surface area (Å²) in [5.74, 6) is -1.09. The number of hydrogen-bond acceptors (Lipinski definition) is 8. The van der Waals surface area contributed by atoms with Crippen LogP contribution >= 0.6 is 0 Å². The highest BCUT2D eigenvalue weighted by Crippen LogP contribution is 2.42. The molecule has 0 radical (unpaired) electrons. The monoisotopic (exact) mass is 537 g/mol. The van der Waals surface area contributed by atoms with Gasteiger partial charge in [0.1, 0.15) is 28.6 Å². The Morgan fingerprint density at radius 1 is 1.16 bits per heavy atom. The number of amidine groups is 1. The third kappa shape index (κ3) is 4.52. The summed E-state index contributed by atoms with van der Waals surface area (Å²) in [5.41, 5.74) is 6.37. The van der Waals surface area contributed by atoms with E-state index in [9.17, 15) is 13.2 Å². The Hall–Kier alpha value is -3.83. The van der Waals surface area contributed by atoms with Crippen LogP contribution in [0.2, 0.25) is 0 Å². The van der Waals surface area contributed by atoms with Gasteiger partial charge >= 0.3 is 0 Å². The maximum absolute atomic E-state index is 15.1. The molecule has 9 nitrogen and oxygen atoms in total. The largest absolute Gasteiger partial charge is 0.495 e. The van der Waals surface area contributed by atoms with Crippen LogP contribution < -0.4 is 15.8 Å². The number of sulfone groups is 1. The lowest BCUT2D eigenvalue weighted by molar-refractivity contribution is 0.102.